The summed E-state index contributed by atoms with van der Waals surface area (Å²) in [5, 5.41) is 5.82. The van der Waals surface area contributed by atoms with Crippen LogP contribution in [0.3, 0.4) is 0 Å². The van der Waals surface area contributed by atoms with Gasteiger partial charge < -0.3 is 10.6 Å². The lowest BCUT2D eigenvalue weighted by Crippen LogP contribution is -2.35. The number of benzene rings is 1. The molecule has 0 aliphatic carbocycles. The lowest BCUT2D eigenvalue weighted by Gasteiger charge is -2.14. The predicted molar refractivity (Wildman–Crippen MR) is 70.7 cm³/mol. The Morgan fingerprint density at radius 1 is 1.39 bits per heavy atom. The van der Waals surface area contributed by atoms with E-state index in [9.17, 15) is 9.18 Å². The molecule has 1 aromatic rings. The van der Waals surface area contributed by atoms with Gasteiger partial charge in [0.1, 0.15) is 5.82 Å². The van der Waals surface area contributed by atoms with Gasteiger partial charge >= 0.3 is 0 Å². The van der Waals surface area contributed by atoms with Crippen LogP contribution in [-0.4, -0.2) is 19.0 Å². The van der Waals surface area contributed by atoms with Gasteiger partial charge in [-0.3, -0.25) is 4.79 Å². The molecule has 18 heavy (non-hydrogen) atoms. The number of carbonyl (C=O) groups is 1. The molecule has 1 aromatic carbocycles. The van der Waals surface area contributed by atoms with Crippen molar-refractivity contribution in [2.75, 3.05) is 13.1 Å². The van der Waals surface area contributed by atoms with Crippen LogP contribution < -0.4 is 10.6 Å². The molecule has 0 fully saturated rings. The standard InChI is InChI=1S/C14H21FN2O/c1-3-4-9-16-14(18)10-17-11(2)12-7-5-6-8-13(12)15/h5-8,11,17H,3-4,9-10H2,1-2H3,(H,16,18)/t11-/m1/s1. The van der Waals surface area contributed by atoms with E-state index in [-0.39, 0.29) is 24.3 Å². The van der Waals surface area contributed by atoms with E-state index in [1.807, 2.05) is 6.92 Å². The van der Waals surface area contributed by atoms with Crippen molar-refractivity contribution < 1.29 is 9.18 Å². The Morgan fingerprint density at radius 2 is 2.11 bits per heavy atom. The highest BCUT2D eigenvalue weighted by Crippen LogP contribution is 2.15. The highest BCUT2D eigenvalue weighted by atomic mass is 19.1. The first kappa shape index (κ1) is 14.6. The van der Waals surface area contributed by atoms with Crippen molar-refractivity contribution in [3.63, 3.8) is 0 Å². The Balaban J connectivity index is 2.35. The topological polar surface area (TPSA) is 41.1 Å². The van der Waals surface area contributed by atoms with Gasteiger partial charge in [-0.25, -0.2) is 4.39 Å². The maximum atomic E-state index is 13.5. The molecule has 0 spiro atoms. The second kappa shape index (κ2) is 7.82. The number of amides is 1. The van der Waals surface area contributed by atoms with Gasteiger partial charge in [0.05, 0.1) is 6.54 Å². The molecule has 4 heteroatoms. The fraction of sp³-hybridized carbons (Fsp3) is 0.500. The average molecular weight is 252 g/mol. The van der Waals surface area contributed by atoms with Gasteiger partial charge in [-0.1, -0.05) is 31.5 Å². The molecule has 0 heterocycles. The van der Waals surface area contributed by atoms with Crippen LogP contribution in [0.15, 0.2) is 24.3 Å². The minimum atomic E-state index is -0.246. The largest absolute Gasteiger partial charge is 0.355 e. The van der Waals surface area contributed by atoms with Crippen molar-refractivity contribution >= 4 is 5.91 Å². The van der Waals surface area contributed by atoms with Gasteiger partial charge in [0.2, 0.25) is 5.91 Å². The highest BCUT2D eigenvalue weighted by molar-refractivity contribution is 5.77. The lowest BCUT2D eigenvalue weighted by atomic mass is 10.1. The summed E-state index contributed by atoms with van der Waals surface area (Å²) in [7, 11) is 0. The van der Waals surface area contributed by atoms with Gasteiger partial charge in [0.25, 0.3) is 0 Å². The van der Waals surface area contributed by atoms with Crippen LogP contribution in [0.2, 0.25) is 0 Å². The molecule has 0 aliphatic heterocycles. The van der Waals surface area contributed by atoms with Crippen molar-refractivity contribution in [3.05, 3.63) is 35.6 Å². The smallest absolute Gasteiger partial charge is 0.233 e. The number of unbranched alkanes of at least 4 members (excludes halogenated alkanes) is 1. The fourth-order valence-electron chi connectivity index (χ4n) is 1.65. The minimum Gasteiger partial charge on any atom is -0.355 e. The monoisotopic (exact) mass is 252 g/mol. The van der Waals surface area contributed by atoms with Crippen LogP contribution in [-0.2, 0) is 4.79 Å². The number of rotatable bonds is 7. The average Bonchev–Trinajstić information content (AvgIpc) is 2.37. The molecular formula is C14H21FN2O. The van der Waals surface area contributed by atoms with E-state index >= 15 is 0 Å². The third-order valence-corrected chi connectivity index (χ3v) is 2.79. The number of carbonyl (C=O) groups excluding carboxylic acids is 1. The van der Waals surface area contributed by atoms with Crippen molar-refractivity contribution in [3.8, 4) is 0 Å². The summed E-state index contributed by atoms with van der Waals surface area (Å²) in [5.74, 6) is -0.296. The number of halogens is 1. The van der Waals surface area contributed by atoms with E-state index in [0.29, 0.717) is 12.1 Å². The fourth-order valence-corrected chi connectivity index (χ4v) is 1.65. The van der Waals surface area contributed by atoms with E-state index in [0.717, 1.165) is 12.8 Å². The maximum absolute atomic E-state index is 13.5. The SMILES string of the molecule is CCCCNC(=O)CN[C@H](C)c1ccccc1F. The summed E-state index contributed by atoms with van der Waals surface area (Å²) in [6.07, 6.45) is 2.04. The zero-order valence-corrected chi connectivity index (χ0v) is 11.0. The summed E-state index contributed by atoms with van der Waals surface area (Å²) in [6, 6.07) is 6.42. The van der Waals surface area contributed by atoms with Crippen molar-refractivity contribution in [2.45, 2.75) is 32.7 Å². The Morgan fingerprint density at radius 3 is 2.78 bits per heavy atom. The van der Waals surface area contributed by atoms with E-state index in [2.05, 4.69) is 17.6 Å². The maximum Gasteiger partial charge on any atom is 0.233 e. The summed E-state index contributed by atoms with van der Waals surface area (Å²) in [4.78, 5) is 11.5. The zero-order chi connectivity index (χ0) is 13.4. The highest BCUT2D eigenvalue weighted by Gasteiger charge is 2.10. The molecule has 0 aromatic heterocycles. The van der Waals surface area contributed by atoms with Crippen molar-refractivity contribution in [1.29, 1.82) is 0 Å². The van der Waals surface area contributed by atoms with Gasteiger partial charge in [0, 0.05) is 18.2 Å². The molecule has 1 rings (SSSR count). The Labute approximate surface area is 108 Å². The summed E-state index contributed by atoms with van der Waals surface area (Å²) in [6.45, 7) is 4.83. The molecule has 1 amide bonds. The molecule has 0 aliphatic rings. The molecule has 0 radical (unpaired) electrons. The summed E-state index contributed by atoms with van der Waals surface area (Å²) < 4.78 is 13.5. The molecule has 1 atom stereocenters. The molecule has 0 saturated carbocycles. The van der Waals surface area contributed by atoms with Crippen molar-refractivity contribution in [1.82, 2.24) is 10.6 Å². The van der Waals surface area contributed by atoms with E-state index in [1.165, 1.54) is 6.07 Å². The summed E-state index contributed by atoms with van der Waals surface area (Å²) >= 11 is 0. The van der Waals surface area contributed by atoms with Gasteiger partial charge in [-0.15, -0.1) is 0 Å². The van der Waals surface area contributed by atoms with Crippen LogP contribution in [0, 0.1) is 5.82 Å². The molecule has 100 valence electrons. The van der Waals surface area contributed by atoms with Crippen LogP contribution in [0.5, 0.6) is 0 Å². The van der Waals surface area contributed by atoms with E-state index < -0.39 is 0 Å². The second-order valence-corrected chi connectivity index (χ2v) is 4.33. The third-order valence-electron chi connectivity index (χ3n) is 2.79. The summed E-state index contributed by atoms with van der Waals surface area (Å²) in [5.41, 5.74) is 0.582. The van der Waals surface area contributed by atoms with Gasteiger partial charge in [-0.2, -0.15) is 0 Å². The van der Waals surface area contributed by atoms with Gasteiger partial charge in [0.15, 0.2) is 0 Å². The van der Waals surface area contributed by atoms with E-state index in [4.69, 9.17) is 0 Å². The minimum absolute atomic E-state index is 0.0494. The molecular weight excluding hydrogens is 231 g/mol. The van der Waals surface area contributed by atoms with Crippen LogP contribution in [0.4, 0.5) is 4.39 Å². The molecule has 2 N–H and O–H groups in total. The third kappa shape index (κ3) is 4.84. The number of hydrogen-bond donors (Lipinski definition) is 2. The Kier molecular flexibility index (Phi) is 6.36. The number of hydrogen-bond acceptors (Lipinski definition) is 2. The predicted octanol–water partition coefficient (Wildman–Crippen LogP) is 2.39. The molecule has 3 nitrogen and oxygen atoms in total. The lowest BCUT2D eigenvalue weighted by molar-refractivity contribution is -0.120. The Hall–Kier alpha value is -1.42. The van der Waals surface area contributed by atoms with Crippen molar-refractivity contribution in [2.24, 2.45) is 0 Å². The normalized spacial score (nSPS) is 12.2. The molecule has 0 saturated heterocycles. The first-order chi connectivity index (χ1) is 8.65. The molecule has 0 bridgehead atoms. The zero-order valence-electron chi connectivity index (χ0n) is 11.0. The number of nitrogens with one attached hydrogen (secondary N) is 2. The quantitative estimate of drug-likeness (QED) is 0.732. The van der Waals surface area contributed by atoms with Crippen LogP contribution in [0.25, 0.3) is 0 Å². The Bertz CT molecular complexity index is 382. The van der Waals surface area contributed by atoms with Gasteiger partial charge in [-0.05, 0) is 19.4 Å². The first-order valence-corrected chi connectivity index (χ1v) is 6.39. The first-order valence-electron chi connectivity index (χ1n) is 6.39. The van der Waals surface area contributed by atoms with Crippen LogP contribution >= 0.6 is 0 Å². The van der Waals surface area contributed by atoms with Crippen LogP contribution in [0.1, 0.15) is 38.3 Å². The van der Waals surface area contributed by atoms with E-state index in [1.54, 1.807) is 18.2 Å². The molecule has 0 unspecified atom stereocenters. The second-order valence-electron chi connectivity index (χ2n) is 4.33.